The average molecular weight is 161 g/mol. The molecule has 0 spiro atoms. The molecule has 2 nitrogen and oxygen atoms in total. The fourth-order valence-corrected chi connectivity index (χ4v) is 2.60. The van der Waals surface area contributed by atoms with Crippen LogP contribution in [0.1, 0.15) is 19.8 Å². The van der Waals surface area contributed by atoms with Crippen LogP contribution in [0.25, 0.3) is 0 Å². The van der Waals surface area contributed by atoms with Crippen LogP contribution in [0.5, 0.6) is 0 Å². The lowest BCUT2D eigenvalue weighted by molar-refractivity contribution is 0.547. The average Bonchev–Trinajstić information content (AvgIpc) is 2.13. The third-order valence-corrected chi connectivity index (χ3v) is 3.38. The van der Waals surface area contributed by atoms with Gasteiger partial charge in [0.25, 0.3) is 0 Å². The minimum Gasteiger partial charge on any atom is -0.313 e. The van der Waals surface area contributed by atoms with Gasteiger partial charge < -0.3 is 5.32 Å². The Labute approximate surface area is 64.8 Å². The lowest BCUT2D eigenvalue weighted by Gasteiger charge is -2.10. The second-order valence-corrected chi connectivity index (χ2v) is 4.34. The second kappa shape index (κ2) is 4.09. The summed E-state index contributed by atoms with van der Waals surface area (Å²) in [7, 11) is -0.550. The zero-order valence-electron chi connectivity index (χ0n) is 6.43. The first-order valence-corrected chi connectivity index (χ1v) is 5.40. The van der Waals surface area contributed by atoms with Gasteiger partial charge in [-0.25, -0.2) is 0 Å². The summed E-state index contributed by atoms with van der Waals surface area (Å²) in [6.45, 7) is 3.18. The molecule has 60 valence electrons. The lowest BCUT2D eigenvalue weighted by atomic mass is 10.2. The molecular weight excluding hydrogens is 146 g/mol. The molecule has 0 saturated carbocycles. The van der Waals surface area contributed by atoms with E-state index in [2.05, 4.69) is 12.2 Å². The van der Waals surface area contributed by atoms with Gasteiger partial charge in [0.2, 0.25) is 0 Å². The smallest absolute Gasteiger partial charge is 0.0388 e. The van der Waals surface area contributed by atoms with Crippen LogP contribution < -0.4 is 5.32 Å². The van der Waals surface area contributed by atoms with E-state index < -0.39 is 10.8 Å². The van der Waals surface area contributed by atoms with Crippen LogP contribution in [-0.4, -0.2) is 28.3 Å². The van der Waals surface area contributed by atoms with Crippen molar-refractivity contribution in [1.82, 2.24) is 5.32 Å². The molecule has 10 heavy (non-hydrogen) atoms. The fourth-order valence-electron chi connectivity index (χ4n) is 1.17. The van der Waals surface area contributed by atoms with Crippen molar-refractivity contribution >= 4 is 10.8 Å². The predicted molar refractivity (Wildman–Crippen MR) is 44.6 cm³/mol. The summed E-state index contributed by atoms with van der Waals surface area (Å²) < 4.78 is 11.1. The molecule has 1 saturated heterocycles. The van der Waals surface area contributed by atoms with Crippen LogP contribution >= 0.6 is 0 Å². The van der Waals surface area contributed by atoms with Crippen molar-refractivity contribution in [2.45, 2.75) is 25.8 Å². The summed E-state index contributed by atoms with van der Waals surface area (Å²) in [5.74, 6) is 1.75. The van der Waals surface area contributed by atoms with E-state index in [1.54, 1.807) is 0 Å². The van der Waals surface area contributed by atoms with Gasteiger partial charge in [0.05, 0.1) is 0 Å². The molecular formula is C7H15NOS. The highest BCUT2D eigenvalue weighted by Gasteiger charge is 2.13. The van der Waals surface area contributed by atoms with Gasteiger partial charge in [-0.2, -0.15) is 0 Å². The van der Waals surface area contributed by atoms with E-state index in [9.17, 15) is 4.21 Å². The molecule has 0 aromatic rings. The Bertz CT molecular complexity index is 127. The Morgan fingerprint density at radius 2 is 2.50 bits per heavy atom. The van der Waals surface area contributed by atoms with Gasteiger partial charge in [-0.05, 0) is 19.4 Å². The topological polar surface area (TPSA) is 29.1 Å². The summed E-state index contributed by atoms with van der Waals surface area (Å²) in [6.07, 6.45) is 2.18. The minimum atomic E-state index is -0.550. The number of nitrogens with one attached hydrogen (secondary N) is 1. The Morgan fingerprint density at radius 1 is 1.70 bits per heavy atom. The third kappa shape index (κ3) is 2.39. The van der Waals surface area contributed by atoms with E-state index >= 15 is 0 Å². The first kappa shape index (κ1) is 8.21. The van der Waals surface area contributed by atoms with Crippen LogP contribution in [0.2, 0.25) is 0 Å². The van der Waals surface area contributed by atoms with Crippen molar-refractivity contribution in [3.8, 4) is 0 Å². The van der Waals surface area contributed by atoms with E-state index in [-0.39, 0.29) is 0 Å². The highest BCUT2D eigenvalue weighted by molar-refractivity contribution is 7.85. The van der Waals surface area contributed by atoms with Crippen molar-refractivity contribution in [3.63, 3.8) is 0 Å². The Hall–Kier alpha value is 0.110. The molecule has 1 rings (SSSR count). The van der Waals surface area contributed by atoms with Crippen molar-refractivity contribution in [2.24, 2.45) is 0 Å². The van der Waals surface area contributed by atoms with Crippen molar-refractivity contribution in [3.05, 3.63) is 0 Å². The molecule has 1 N–H and O–H groups in total. The van der Waals surface area contributed by atoms with E-state index in [1.807, 2.05) is 0 Å². The monoisotopic (exact) mass is 161 g/mol. The molecule has 0 amide bonds. The molecule has 0 radical (unpaired) electrons. The SMILES string of the molecule is CCC1CS(=O)CCCN1. The van der Waals surface area contributed by atoms with Crippen molar-refractivity contribution in [1.29, 1.82) is 0 Å². The predicted octanol–water partition coefficient (Wildman–Crippen LogP) is 0.507. The van der Waals surface area contributed by atoms with Gasteiger partial charge in [0.15, 0.2) is 0 Å². The van der Waals surface area contributed by atoms with Crippen LogP contribution in [0, 0.1) is 0 Å². The van der Waals surface area contributed by atoms with Crippen LogP contribution in [0.15, 0.2) is 0 Å². The molecule has 0 bridgehead atoms. The molecule has 2 unspecified atom stereocenters. The fraction of sp³-hybridized carbons (Fsp3) is 1.00. The lowest BCUT2D eigenvalue weighted by Crippen LogP contribution is -2.31. The van der Waals surface area contributed by atoms with Crippen LogP contribution in [0.3, 0.4) is 0 Å². The standard InChI is InChI=1S/C7H15NOS/c1-2-7-6-10(9)5-3-4-8-7/h7-8H,2-6H2,1H3. The maximum Gasteiger partial charge on any atom is 0.0388 e. The molecule has 1 aliphatic rings. The maximum absolute atomic E-state index is 11.1. The Kier molecular flexibility index (Phi) is 3.35. The maximum atomic E-state index is 11.1. The van der Waals surface area contributed by atoms with Crippen LogP contribution in [-0.2, 0) is 10.8 Å². The van der Waals surface area contributed by atoms with E-state index in [0.29, 0.717) is 6.04 Å². The molecule has 1 heterocycles. The van der Waals surface area contributed by atoms with Crippen LogP contribution in [0.4, 0.5) is 0 Å². The highest BCUT2D eigenvalue weighted by atomic mass is 32.2. The highest BCUT2D eigenvalue weighted by Crippen LogP contribution is 2.00. The summed E-state index contributed by atoms with van der Waals surface area (Å²) in [5, 5.41) is 3.37. The summed E-state index contributed by atoms with van der Waals surface area (Å²) in [5.41, 5.74) is 0. The number of hydrogen-bond acceptors (Lipinski definition) is 2. The normalized spacial score (nSPS) is 35.3. The molecule has 0 aromatic heterocycles. The van der Waals surface area contributed by atoms with Gasteiger partial charge >= 0.3 is 0 Å². The van der Waals surface area contributed by atoms with Gasteiger partial charge in [0, 0.05) is 28.3 Å². The first-order valence-electron chi connectivity index (χ1n) is 3.91. The molecule has 3 heteroatoms. The van der Waals surface area contributed by atoms with E-state index in [0.717, 1.165) is 30.9 Å². The number of hydrogen-bond donors (Lipinski definition) is 1. The van der Waals surface area contributed by atoms with Gasteiger partial charge in [0.1, 0.15) is 0 Å². The molecule has 2 atom stereocenters. The van der Waals surface area contributed by atoms with E-state index in [1.165, 1.54) is 0 Å². The van der Waals surface area contributed by atoms with Gasteiger partial charge in [-0.3, -0.25) is 4.21 Å². The largest absolute Gasteiger partial charge is 0.313 e. The summed E-state index contributed by atoms with van der Waals surface area (Å²) >= 11 is 0. The Balaban J connectivity index is 2.38. The minimum absolute atomic E-state index is 0.503. The van der Waals surface area contributed by atoms with Crippen molar-refractivity contribution in [2.75, 3.05) is 18.1 Å². The van der Waals surface area contributed by atoms with Crippen molar-refractivity contribution < 1.29 is 4.21 Å². The zero-order valence-corrected chi connectivity index (χ0v) is 7.25. The van der Waals surface area contributed by atoms with Gasteiger partial charge in [-0.15, -0.1) is 0 Å². The second-order valence-electron chi connectivity index (χ2n) is 2.72. The van der Waals surface area contributed by atoms with E-state index in [4.69, 9.17) is 0 Å². The summed E-state index contributed by atoms with van der Waals surface area (Å²) in [4.78, 5) is 0. The molecule has 1 aliphatic heterocycles. The molecule has 0 aromatic carbocycles. The number of rotatable bonds is 1. The zero-order chi connectivity index (χ0) is 7.40. The van der Waals surface area contributed by atoms with Gasteiger partial charge in [-0.1, -0.05) is 6.92 Å². The quantitative estimate of drug-likeness (QED) is 0.607. The Morgan fingerprint density at radius 3 is 3.20 bits per heavy atom. The molecule has 1 fully saturated rings. The third-order valence-electron chi connectivity index (χ3n) is 1.86. The first-order chi connectivity index (χ1) is 4.83. The molecule has 0 aliphatic carbocycles. The summed E-state index contributed by atoms with van der Waals surface area (Å²) in [6, 6.07) is 0.503.